The topological polar surface area (TPSA) is 69.6 Å². The molecule has 0 aromatic carbocycles. The zero-order valence-corrected chi connectivity index (χ0v) is 10.0. The molecule has 0 bridgehead atoms. The summed E-state index contributed by atoms with van der Waals surface area (Å²) in [4.78, 5) is 24.1. The van der Waals surface area contributed by atoms with Gasteiger partial charge in [-0.05, 0) is 18.3 Å². The number of nitrogens with zero attached hydrogens (tertiary/aromatic N) is 1. The highest BCUT2D eigenvalue weighted by atomic mass is 32.2. The van der Waals surface area contributed by atoms with Crippen LogP contribution in [-0.4, -0.2) is 46.2 Å². The van der Waals surface area contributed by atoms with Crippen molar-refractivity contribution in [3.8, 4) is 0 Å². The highest BCUT2D eigenvalue weighted by Gasteiger charge is 2.39. The Labute approximate surface area is 98.6 Å². The molecule has 90 valence electrons. The molecule has 1 saturated carbocycles. The van der Waals surface area contributed by atoms with Crippen molar-refractivity contribution in [2.24, 2.45) is 5.41 Å². The van der Waals surface area contributed by atoms with Crippen LogP contribution in [0.5, 0.6) is 0 Å². The Morgan fingerprint density at radius 2 is 2.25 bits per heavy atom. The lowest BCUT2D eigenvalue weighted by Crippen LogP contribution is -2.47. The summed E-state index contributed by atoms with van der Waals surface area (Å²) in [7, 11) is 0. The Bertz CT molecular complexity index is 317. The predicted octanol–water partition coefficient (Wildman–Crippen LogP) is 0.956. The van der Waals surface area contributed by atoms with Gasteiger partial charge in [0.2, 0.25) is 0 Å². The Balaban J connectivity index is 1.85. The quantitative estimate of drug-likeness (QED) is 0.775. The van der Waals surface area contributed by atoms with Crippen LogP contribution in [0, 0.1) is 5.41 Å². The molecule has 1 aliphatic carbocycles. The lowest BCUT2D eigenvalue weighted by Gasteiger charge is -2.22. The molecule has 2 rings (SSSR count). The summed E-state index contributed by atoms with van der Waals surface area (Å²) in [6.07, 6.45) is 2.29. The number of carbonyl (C=O) groups excluding carboxylic acids is 1. The third-order valence-corrected chi connectivity index (χ3v) is 4.21. The van der Waals surface area contributed by atoms with Gasteiger partial charge in [-0.25, -0.2) is 9.59 Å². The Morgan fingerprint density at radius 1 is 1.56 bits per heavy atom. The van der Waals surface area contributed by atoms with Crippen molar-refractivity contribution in [3.63, 3.8) is 0 Å². The van der Waals surface area contributed by atoms with Crippen LogP contribution < -0.4 is 5.32 Å². The average Bonchev–Trinajstić information content (AvgIpc) is 2.81. The Kier molecular flexibility index (Phi) is 3.01. The summed E-state index contributed by atoms with van der Waals surface area (Å²) in [5.74, 6) is 0.0392. The molecule has 2 aliphatic rings. The molecular formula is C10H16N2O3S. The zero-order chi connectivity index (χ0) is 11.8. The largest absolute Gasteiger partial charge is 0.480 e. The van der Waals surface area contributed by atoms with E-state index in [0.717, 1.165) is 12.8 Å². The monoisotopic (exact) mass is 244 g/mol. The maximum atomic E-state index is 11.8. The molecule has 0 aromatic heterocycles. The molecule has 5 nitrogen and oxygen atoms in total. The van der Waals surface area contributed by atoms with Gasteiger partial charge in [-0.3, -0.25) is 0 Å². The summed E-state index contributed by atoms with van der Waals surface area (Å²) < 4.78 is 0. The van der Waals surface area contributed by atoms with Crippen LogP contribution in [-0.2, 0) is 4.79 Å². The molecule has 2 fully saturated rings. The van der Waals surface area contributed by atoms with E-state index in [-0.39, 0.29) is 11.4 Å². The van der Waals surface area contributed by atoms with Gasteiger partial charge in [0.25, 0.3) is 0 Å². The fourth-order valence-electron chi connectivity index (χ4n) is 1.63. The molecule has 1 atom stereocenters. The number of aliphatic carboxylic acids is 1. The van der Waals surface area contributed by atoms with Crippen molar-refractivity contribution in [1.82, 2.24) is 10.2 Å². The summed E-state index contributed by atoms with van der Waals surface area (Å²) in [6.45, 7) is 2.78. The molecule has 6 heteroatoms. The van der Waals surface area contributed by atoms with Crippen LogP contribution in [0.25, 0.3) is 0 Å². The standard InChI is InChI=1S/C10H16N2O3S/c1-10(2-3-10)5-11-9(15)12-6-16-4-7(12)8(13)14/h7H,2-6H2,1H3,(H,11,15)(H,13,14)/t7-/m0/s1. The molecule has 1 heterocycles. The molecule has 0 unspecified atom stereocenters. The van der Waals surface area contributed by atoms with Crippen molar-refractivity contribution < 1.29 is 14.7 Å². The van der Waals surface area contributed by atoms with Gasteiger partial charge >= 0.3 is 12.0 Å². The SMILES string of the molecule is CC1(CNC(=O)N2CSC[C@H]2C(=O)O)CC1. The fraction of sp³-hybridized carbons (Fsp3) is 0.800. The number of thioether (sulfide) groups is 1. The van der Waals surface area contributed by atoms with Crippen LogP contribution in [0.15, 0.2) is 0 Å². The Morgan fingerprint density at radius 3 is 2.81 bits per heavy atom. The van der Waals surface area contributed by atoms with Gasteiger partial charge in [-0.2, -0.15) is 0 Å². The highest BCUT2D eigenvalue weighted by molar-refractivity contribution is 7.99. The van der Waals surface area contributed by atoms with Gasteiger partial charge in [0.1, 0.15) is 6.04 Å². The maximum Gasteiger partial charge on any atom is 0.327 e. The van der Waals surface area contributed by atoms with Crippen LogP contribution in [0.2, 0.25) is 0 Å². The minimum absolute atomic E-state index is 0.245. The average molecular weight is 244 g/mol. The number of carboxylic acid groups (broad SMARTS) is 1. The second kappa shape index (κ2) is 4.16. The van der Waals surface area contributed by atoms with Crippen LogP contribution in [0.4, 0.5) is 4.79 Å². The summed E-state index contributed by atoms with van der Waals surface area (Å²) in [6, 6.07) is -0.914. The van der Waals surface area contributed by atoms with E-state index in [2.05, 4.69) is 12.2 Å². The first-order chi connectivity index (χ1) is 7.52. The van der Waals surface area contributed by atoms with Crippen molar-refractivity contribution in [3.05, 3.63) is 0 Å². The maximum absolute atomic E-state index is 11.8. The number of carbonyl (C=O) groups is 2. The van der Waals surface area contributed by atoms with Gasteiger partial charge < -0.3 is 15.3 Å². The van der Waals surface area contributed by atoms with Crippen molar-refractivity contribution in [2.75, 3.05) is 18.2 Å². The predicted molar refractivity (Wildman–Crippen MR) is 61.3 cm³/mol. The van der Waals surface area contributed by atoms with E-state index in [9.17, 15) is 9.59 Å². The van der Waals surface area contributed by atoms with Gasteiger partial charge in [0.15, 0.2) is 0 Å². The first-order valence-electron chi connectivity index (χ1n) is 5.37. The number of hydrogen-bond donors (Lipinski definition) is 2. The van der Waals surface area contributed by atoms with Crippen molar-refractivity contribution >= 4 is 23.8 Å². The summed E-state index contributed by atoms with van der Waals surface area (Å²) >= 11 is 1.48. The van der Waals surface area contributed by atoms with E-state index in [1.54, 1.807) is 0 Å². The van der Waals surface area contributed by atoms with Gasteiger partial charge in [0, 0.05) is 12.3 Å². The summed E-state index contributed by atoms with van der Waals surface area (Å²) in [5.41, 5.74) is 0.251. The smallest absolute Gasteiger partial charge is 0.327 e. The lowest BCUT2D eigenvalue weighted by molar-refractivity contribution is -0.140. The minimum atomic E-state index is -0.919. The molecule has 2 N–H and O–H groups in total. The van der Waals surface area contributed by atoms with Crippen LogP contribution in [0.1, 0.15) is 19.8 Å². The number of hydrogen-bond acceptors (Lipinski definition) is 3. The third-order valence-electron chi connectivity index (χ3n) is 3.20. The molecule has 0 radical (unpaired) electrons. The fourth-order valence-corrected chi connectivity index (χ4v) is 2.77. The van der Waals surface area contributed by atoms with Gasteiger partial charge in [-0.15, -0.1) is 11.8 Å². The highest BCUT2D eigenvalue weighted by Crippen LogP contribution is 2.44. The number of rotatable bonds is 3. The second-order valence-corrected chi connectivity index (χ2v) is 5.79. The van der Waals surface area contributed by atoms with E-state index in [0.29, 0.717) is 18.2 Å². The van der Waals surface area contributed by atoms with E-state index in [1.807, 2.05) is 0 Å². The molecule has 16 heavy (non-hydrogen) atoms. The second-order valence-electron chi connectivity index (χ2n) is 4.79. The molecule has 0 spiro atoms. The summed E-state index contributed by atoms with van der Waals surface area (Å²) in [5, 5.41) is 11.8. The van der Waals surface area contributed by atoms with Crippen LogP contribution in [0.3, 0.4) is 0 Å². The molecular weight excluding hydrogens is 228 g/mol. The van der Waals surface area contributed by atoms with Gasteiger partial charge in [0.05, 0.1) is 5.88 Å². The van der Waals surface area contributed by atoms with Crippen LogP contribution >= 0.6 is 11.8 Å². The number of nitrogens with one attached hydrogen (secondary N) is 1. The molecule has 1 aliphatic heterocycles. The van der Waals surface area contributed by atoms with E-state index in [1.165, 1.54) is 16.7 Å². The third kappa shape index (κ3) is 2.42. The molecule has 2 amide bonds. The normalized spacial score (nSPS) is 26.6. The lowest BCUT2D eigenvalue weighted by atomic mass is 10.1. The zero-order valence-electron chi connectivity index (χ0n) is 9.23. The number of carboxylic acids is 1. The van der Waals surface area contributed by atoms with Crippen molar-refractivity contribution in [2.45, 2.75) is 25.8 Å². The first kappa shape index (κ1) is 11.6. The number of amides is 2. The molecule has 0 aromatic rings. The van der Waals surface area contributed by atoms with E-state index in [4.69, 9.17) is 5.11 Å². The first-order valence-corrected chi connectivity index (χ1v) is 6.52. The minimum Gasteiger partial charge on any atom is -0.480 e. The van der Waals surface area contributed by atoms with Crippen molar-refractivity contribution in [1.29, 1.82) is 0 Å². The Hall–Kier alpha value is -0.910. The van der Waals surface area contributed by atoms with E-state index >= 15 is 0 Å². The van der Waals surface area contributed by atoms with E-state index < -0.39 is 12.0 Å². The molecule has 1 saturated heterocycles. The van der Waals surface area contributed by atoms with Gasteiger partial charge in [-0.1, -0.05) is 6.92 Å². The number of urea groups is 1.